The van der Waals surface area contributed by atoms with Gasteiger partial charge in [0.1, 0.15) is 0 Å². The zero-order valence-electron chi connectivity index (χ0n) is 36.2. The molecule has 0 radical (unpaired) electrons. The number of rotatable bonds is 4. The van der Waals surface area contributed by atoms with Crippen LogP contribution in [0.4, 0.5) is 17.1 Å². The van der Waals surface area contributed by atoms with E-state index in [1.807, 2.05) is 11.8 Å². The van der Waals surface area contributed by atoms with Crippen molar-refractivity contribution >= 4 is 80.7 Å². The first-order chi connectivity index (χ1) is 29.4. The Hall–Kier alpha value is -5.81. The molecule has 0 bridgehead atoms. The highest BCUT2D eigenvalue weighted by atomic mass is 32.2. The molecule has 0 spiro atoms. The van der Waals surface area contributed by atoms with Crippen LogP contribution >= 0.6 is 11.8 Å². The second-order valence-electron chi connectivity index (χ2n) is 19.4. The highest BCUT2D eigenvalue weighted by Gasteiger charge is 2.51. The van der Waals surface area contributed by atoms with Crippen molar-refractivity contribution in [3.63, 3.8) is 0 Å². The number of nitrogens with zero attached hydrogens (tertiary/aromatic N) is 1. The molecule has 296 valence electrons. The van der Waals surface area contributed by atoms with Gasteiger partial charge >= 0.3 is 0 Å². The van der Waals surface area contributed by atoms with E-state index in [4.69, 9.17) is 0 Å². The molecule has 3 aliphatic rings. The SMILES string of the molecule is Cc1cc2c3c(c1)N(c1ccc(C(C)(C)C)cc1)c1cc4c(cc1B3c1ccc(-c3ccccc3C(C)(C)C)cc1S2)-c1ccccc1[Si]4(c1ccccc1)c1ccccc1. The number of anilines is 3. The number of hydrogen-bond acceptors (Lipinski definition) is 2. The molecule has 0 fully saturated rings. The summed E-state index contributed by atoms with van der Waals surface area (Å²) in [6, 6.07) is 68.1. The van der Waals surface area contributed by atoms with Crippen molar-refractivity contribution in [1.29, 1.82) is 0 Å². The van der Waals surface area contributed by atoms with E-state index >= 15 is 0 Å². The Balaban J connectivity index is 1.22. The maximum absolute atomic E-state index is 2.75. The van der Waals surface area contributed by atoms with Crippen LogP contribution in [0.25, 0.3) is 22.3 Å². The molecular weight excluding hydrogens is 770 g/mol. The average molecular weight is 820 g/mol. The topological polar surface area (TPSA) is 3.24 Å². The van der Waals surface area contributed by atoms with E-state index < -0.39 is 8.07 Å². The summed E-state index contributed by atoms with van der Waals surface area (Å²) < 4.78 is 0. The van der Waals surface area contributed by atoms with Gasteiger partial charge in [-0.1, -0.05) is 198 Å². The summed E-state index contributed by atoms with van der Waals surface area (Å²) in [5.41, 5.74) is 17.4. The van der Waals surface area contributed by atoms with Crippen LogP contribution in [0.2, 0.25) is 0 Å². The van der Waals surface area contributed by atoms with E-state index in [2.05, 4.69) is 229 Å². The smallest absolute Gasteiger partial charge is 0.249 e. The lowest BCUT2D eigenvalue weighted by Gasteiger charge is -2.41. The van der Waals surface area contributed by atoms with E-state index in [1.165, 1.54) is 103 Å². The van der Waals surface area contributed by atoms with Gasteiger partial charge in [-0.05, 0) is 125 Å². The largest absolute Gasteiger partial charge is 0.311 e. The maximum Gasteiger partial charge on any atom is 0.249 e. The molecule has 3 aliphatic heterocycles. The van der Waals surface area contributed by atoms with Crippen LogP contribution < -0.4 is 42.0 Å². The molecule has 11 rings (SSSR count). The summed E-state index contributed by atoms with van der Waals surface area (Å²) in [7, 11) is -2.75. The first-order valence-electron chi connectivity index (χ1n) is 21.8. The van der Waals surface area contributed by atoms with Gasteiger partial charge in [0.25, 0.3) is 0 Å². The van der Waals surface area contributed by atoms with E-state index in [-0.39, 0.29) is 17.5 Å². The summed E-state index contributed by atoms with van der Waals surface area (Å²) in [6.45, 7) is 16.2. The fourth-order valence-electron chi connectivity index (χ4n) is 10.8. The van der Waals surface area contributed by atoms with Gasteiger partial charge in [-0.3, -0.25) is 0 Å². The van der Waals surface area contributed by atoms with Crippen LogP contribution in [-0.4, -0.2) is 14.8 Å². The third-order valence-electron chi connectivity index (χ3n) is 13.5. The Morgan fingerprint density at radius 1 is 0.492 bits per heavy atom. The molecule has 0 N–H and O–H groups in total. The van der Waals surface area contributed by atoms with Crippen LogP contribution in [0, 0.1) is 6.92 Å². The molecule has 8 aromatic rings. The fraction of sp³-hybridized carbons (Fsp3) is 0.158. The summed E-state index contributed by atoms with van der Waals surface area (Å²) in [5.74, 6) is 0. The molecule has 4 heteroatoms. The summed E-state index contributed by atoms with van der Waals surface area (Å²) in [4.78, 5) is 5.32. The van der Waals surface area contributed by atoms with E-state index in [1.54, 1.807) is 0 Å². The predicted octanol–water partition coefficient (Wildman–Crippen LogP) is 10.4. The lowest BCUT2D eigenvalue weighted by atomic mass is 9.34. The monoisotopic (exact) mass is 819 g/mol. The van der Waals surface area contributed by atoms with Crippen molar-refractivity contribution in [1.82, 2.24) is 0 Å². The standard InChI is InChI=1S/C57H50BNSSi/c1-37-32-50-55-52(33-37)60-51-34-38(43-22-14-16-24-46(43)57(5,6)7)26-31-47(51)58(55)48-35-45-44-23-15-17-25-53(44)61(41-18-10-8-11-19-41,42-20-12-9-13-21-42)54(45)36-49(48)59(50)40-29-27-39(28-30-40)56(2,3)4/h8-36H,1-7H3. The zero-order valence-corrected chi connectivity index (χ0v) is 38.0. The molecule has 61 heavy (non-hydrogen) atoms. The highest BCUT2D eigenvalue weighted by Crippen LogP contribution is 2.45. The maximum atomic E-state index is 2.65. The lowest BCUT2D eigenvalue weighted by molar-refractivity contribution is 0.590. The van der Waals surface area contributed by atoms with Gasteiger partial charge in [0.05, 0.1) is 0 Å². The predicted molar refractivity (Wildman–Crippen MR) is 267 cm³/mol. The molecule has 0 saturated heterocycles. The van der Waals surface area contributed by atoms with E-state index in [0.717, 1.165) is 0 Å². The van der Waals surface area contributed by atoms with Crippen molar-refractivity contribution in [2.24, 2.45) is 0 Å². The molecule has 0 atom stereocenters. The van der Waals surface area contributed by atoms with Crippen molar-refractivity contribution < 1.29 is 0 Å². The van der Waals surface area contributed by atoms with Crippen LogP contribution in [-0.2, 0) is 10.8 Å². The van der Waals surface area contributed by atoms with Gasteiger partial charge < -0.3 is 4.90 Å². The van der Waals surface area contributed by atoms with Gasteiger partial charge in [-0.2, -0.15) is 0 Å². The zero-order chi connectivity index (χ0) is 41.8. The van der Waals surface area contributed by atoms with Crippen LogP contribution in [0.3, 0.4) is 0 Å². The Morgan fingerprint density at radius 2 is 1.13 bits per heavy atom. The average Bonchev–Trinajstić information content (AvgIpc) is 3.55. The van der Waals surface area contributed by atoms with Crippen molar-refractivity contribution in [2.75, 3.05) is 4.90 Å². The highest BCUT2D eigenvalue weighted by molar-refractivity contribution is 8.00. The number of benzene rings is 8. The molecule has 8 aromatic carbocycles. The quantitative estimate of drug-likeness (QED) is 0.163. The van der Waals surface area contributed by atoms with Gasteiger partial charge in [-0.15, -0.1) is 0 Å². The third-order valence-corrected chi connectivity index (χ3v) is 19.5. The molecule has 3 heterocycles. The Bertz CT molecular complexity index is 2990. The summed E-state index contributed by atoms with van der Waals surface area (Å²) >= 11 is 1.95. The minimum atomic E-state index is -2.75. The second kappa shape index (κ2) is 13.9. The molecule has 1 nitrogen and oxygen atoms in total. The molecule has 0 saturated carbocycles. The first kappa shape index (κ1) is 38.1. The van der Waals surface area contributed by atoms with Gasteiger partial charge in [0, 0.05) is 26.9 Å². The Morgan fingerprint density at radius 3 is 1.80 bits per heavy atom. The van der Waals surface area contributed by atoms with Crippen molar-refractivity contribution in [2.45, 2.75) is 69.1 Å². The molecule has 0 unspecified atom stereocenters. The fourth-order valence-corrected chi connectivity index (χ4v) is 17.2. The second-order valence-corrected chi connectivity index (χ2v) is 24.2. The first-order valence-corrected chi connectivity index (χ1v) is 24.6. The van der Waals surface area contributed by atoms with E-state index in [9.17, 15) is 0 Å². The number of hydrogen-bond donors (Lipinski definition) is 0. The van der Waals surface area contributed by atoms with E-state index in [0.29, 0.717) is 0 Å². The van der Waals surface area contributed by atoms with Crippen molar-refractivity contribution in [3.8, 4) is 22.3 Å². The van der Waals surface area contributed by atoms with Gasteiger partial charge in [-0.25, -0.2) is 0 Å². The lowest BCUT2D eigenvalue weighted by Crippen LogP contribution is -2.73. The van der Waals surface area contributed by atoms with Crippen molar-refractivity contribution in [3.05, 3.63) is 193 Å². The Labute approximate surface area is 367 Å². The molecule has 0 aliphatic carbocycles. The molecule has 0 amide bonds. The summed E-state index contributed by atoms with van der Waals surface area (Å²) in [5, 5.41) is 5.79. The number of aryl methyl sites for hydroxylation is 1. The minimum Gasteiger partial charge on any atom is -0.311 e. The number of fused-ring (bicyclic) bond motifs is 7. The van der Waals surface area contributed by atoms with Gasteiger partial charge in [0.15, 0.2) is 8.07 Å². The minimum absolute atomic E-state index is 0.0316. The summed E-state index contributed by atoms with van der Waals surface area (Å²) in [6.07, 6.45) is 0. The van der Waals surface area contributed by atoms with Crippen LogP contribution in [0.15, 0.2) is 186 Å². The Kier molecular flexibility index (Phi) is 8.66. The molecular formula is C57H50BNSSi. The van der Waals surface area contributed by atoms with Crippen LogP contribution in [0.1, 0.15) is 58.2 Å². The van der Waals surface area contributed by atoms with Crippen LogP contribution in [0.5, 0.6) is 0 Å². The third kappa shape index (κ3) is 5.83. The van der Waals surface area contributed by atoms with Gasteiger partial charge in [0.2, 0.25) is 6.71 Å². The normalized spacial score (nSPS) is 14.5. The molecule has 0 aromatic heterocycles.